The van der Waals surface area contributed by atoms with Gasteiger partial charge in [-0.25, -0.2) is 0 Å². The fourth-order valence-electron chi connectivity index (χ4n) is 2.17. The minimum atomic E-state index is -0.883. The zero-order valence-electron chi connectivity index (χ0n) is 11.4. The van der Waals surface area contributed by atoms with Crippen LogP contribution in [0.15, 0.2) is 0 Å². The van der Waals surface area contributed by atoms with Crippen LogP contribution in [0.1, 0.15) is 12.8 Å². The Morgan fingerprint density at radius 1 is 1.10 bits per heavy atom. The van der Waals surface area contributed by atoms with Gasteiger partial charge in [0.15, 0.2) is 0 Å². The molecule has 2 unspecified atom stereocenters. The van der Waals surface area contributed by atoms with E-state index in [0.717, 1.165) is 0 Å². The zero-order chi connectivity index (χ0) is 16.6. The maximum Gasteiger partial charge on any atom is 0.321 e. The smallest absolute Gasteiger partial charge is 0.321 e. The first-order chi connectivity index (χ1) is 9.81. The van der Waals surface area contributed by atoms with Gasteiger partial charge in [0.05, 0.1) is 12.2 Å². The van der Waals surface area contributed by atoms with Gasteiger partial charge in [0.25, 0.3) is 0 Å². The maximum atomic E-state index is 10.4. The molecule has 21 heavy (non-hydrogen) atoms. The van der Waals surface area contributed by atoms with Crippen LogP contribution in [0, 0.1) is 0 Å². The molecule has 0 aromatic carbocycles. The van der Waals surface area contributed by atoms with E-state index in [-0.39, 0.29) is 0 Å². The number of aliphatic hydroxyl groups is 2. The number of carboxylic acids is 2. The molecule has 2 fully saturated rings. The summed E-state index contributed by atoms with van der Waals surface area (Å²) in [6.45, 7) is 0.869. The second kappa shape index (κ2) is 10.9. The van der Waals surface area contributed by atoms with E-state index in [0.29, 0.717) is 25.9 Å². The van der Waals surface area contributed by atoms with E-state index in [1.807, 2.05) is 0 Å². The normalized spacial score (nSPS) is 31.7. The van der Waals surface area contributed by atoms with Gasteiger partial charge in [-0.3, -0.25) is 14.5 Å². The van der Waals surface area contributed by atoms with Gasteiger partial charge in [-0.15, -0.1) is 0 Å². The molecule has 0 aromatic heterocycles. The molecule has 8 nitrogen and oxygen atoms in total. The Morgan fingerprint density at radius 3 is 1.86 bits per heavy atom. The molecule has 124 valence electrons. The summed E-state index contributed by atoms with van der Waals surface area (Å²) in [5.74, 6) is -1.73. The summed E-state index contributed by atoms with van der Waals surface area (Å²) >= 11 is 4.24. The number of likely N-dealkylation sites (tertiary alicyclic amines) is 1. The predicted molar refractivity (Wildman–Crippen MR) is 92.8 cm³/mol. The highest BCUT2D eigenvalue weighted by Gasteiger charge is 2.32. The molecular formula is C11H20I2N2O6. The van der Waals surface area contributed by atoms with Crippen molar-refractivity contribution in [3.05, 3.63) is 0 Å². The first-order valence-corrected chi connectivity index (χ1v) is 12.5. The molecule has 2 aliphatic rings. The molecule has 2 rings (SSSR count). The van der Waals surface area contributed by atoms with Crippen LogP contribution >= 0.6 is 37.2 Å². The predicted octanol–water partition coefficient (Wildman–Crippen LogP) is -0.299. The summed E-state index contributed by atoms with van der Waals surface area (Å²) in [7, 11) is 1.70. The third-order valence-electron chi connectivity index (χ3n) is 3.22. The summed E-state index contributed by atoms with van der Waals surface area (Å²) in [5, 5.41) is 37.4. The Balaban J connectivity index is 0.000000342. The molecule has 0 radical (unpaired) electrons. The van der Waals surface area contributed by atoms with E-state index in [9.17, 15) is 9.59 Å². The van der Waals surface area contributed by atoms with Crippen molar-refractivity contribution in [1.29, 1.82) is 0 Å². The number of carboxylic acid groups (broad SMARTS) is 2. The minimum Gasteiger partial charge on any atom is -0.480 e. The van der Waals surface area contributed by atoms with Crippen molar-refractivity contribution >= 4 is 49.2 Å². The fraction of sp³-hybridized carbons (Fsp3) is 0.818. The van der Waals surface area contributed by atoms with Gasteiger partial charge in [0.2, 0.25) is 0 Å². The van der Waals surface area contributed by atoms with Crippen molar-refractivity contribution in [2.45, 2.75) is 37.1 Å². The molecule has 2 saturated heterocycles. The summed E-state index contributed by atoms with van der Waals surface area (Å²) < 4.78 is 0. The number of carbonyl (C=O) groups is 2. The first-order valence-electron chi connectivity index (χ1n) is 6.21. The van der Waals surface area contributed by atoms with E-state index >= 15 is 0 Å². The third kappa shape index (κ3) is 7.88. The topological polar surface area (TPSA) is 130 Å². The number of nitrogens with one attached hydrogen (secondary N) is 1. The summed E-state index contributed by atoms with van der Waals surface area (Å²) in [5.41, 5.74) is 0. The summed E-state index contributed by atoms with van der Waals surface area (Å²) in [4.78, 5) is 22.2. The molecule has 5 N–H and O–H groups in total. The van der Waals surface area contributed by atoms with Crippen LogP contribution in [-0.4, -0.2) is 81.7 Å². The molecule has 0 aliphatic carbocycles. The Labute approximate surface area is 146 Å². The lowest BCUT2D eigenvalue weighted by Crippen LogP contribution is -2.32. The fourth-order valence-corrected chi connectivity index (χ4v) is 2.17. The Bertz CT molecular complexity index is 347. The molecule has 0 aromatic rings. The van der Waals surface area contributed by atoms with Gasteiger partial charge >= 0.3 is 11.9 Å². The van der Waals surface area contributed by atoms with Gasteiger partial charge in [0, 0.05) is 63.2 Å². The van der Waals surface area contributed by atoms with Crippen molar-refractivity contribution in [2.75, 3.05) is 20.1 Å². The van der Waals surface area contributed by atoms with E-state index < -0.39 is 36.2 Å². The SMILES string of the molecule is CN1C[C@H](O)CC1C(=O)O.II.O=C(O)C1C[C@@H](O)CN1. The lowest BCUT2D eigenvalue weighted by atomic mass is 10.2. The van der Waals surface area contributed by atoms with Gasteiger partial charge in [-0.1, -0.05) is 0 Å². The number of aliphatic hydroxyl groups excluding tert-OH is 2. The molecule has 0 bridgehead atoms. The van der Waals surface area contributed by atoms with Crippen LogP contribution in [0.2, 0.25) is 0 Å². The number of aliphatic carboxylic acids is 2. The molecule has 2 aliphatic heterocycles. The second-order valence-corrected chi connectivity index (χ2v) is 4.87. The Hall–Kier alpha value is 0.240. The molecular weight excluding hydrogens is 510 g/mol. The monoisotopic (exact) mass is 530 g/mol. The van der Waals surface area contributed by atoms with Crippen LogP contribution in [0.5, 0.6) is 0 Å². The van der Waals surface area contributed by atoms with Crippen molar-refractivity contribution in [2.24, 2.45) is 0 Å². The molecule has 2 heterocycles. The molecule has 10 heteroatoms. The number of hydrogen-bond acceptors (Lipinski definition) is 6. The molecule has 0 saturated carbocycles. The molecule has 0 amide bonds. The van der Waals surface area contributed by atoms with Gasteiger partial charge in [0.1, 0.15) is 12.1 Å². The largest absolute Gasteiger partial charge is 0.480 e. The molecule has 0 spiro atoms. The summed E-state index contributed by atoms with van der Waals surface area (Å²) in [6.07, 6.45) is -0.265. The van der Waals surface area contributed by atoms with Gasteiger partial charge in [-0.2, -0.15) is 0 Å². The van der Waals surface area contributed by atoms with Crippen LogP contribution in [0.4, 0.5) is 0 Å². The van der Waals surface area contributed by atoms with Crippen molar-refractivity contribution in [1.82, 2.24) is 10.2 Å². The van der Waals surface area contributed by atoms with E-state index in [4.69, 9.17) is 20.4 Å². The maximum absolute atomic E-state index is 10.4. The second-order valence-electron chi connectivity index (χ2n) is 4.87. The first kappa shape index (κ1) is 21.2. The van der Waals surface area contributed by atoms with Crippen molar-refractivity contribution in [3.63, 3.8) is 0 Å². The third-order valence-corrected chi connectivity index (χ3v) is 3.22. The highest BCUT2D eigenvalue weighted by molar-refractivity contribution is 15.0. The standard InChI is InChI=1S/C6H11NO3.C5H9NO3.I2/c1-7-3-4(8)2-5(7)6(9)10;7-3-1-4(5(8)9)6-2-3;1-2/h4-5,8H,2-3H2,1H3,(H,9,10);3-4,6-7H,1-2H2,(H,8,9);/t4-,5?;3-,4?;/m11./s1. The van der Waals surface area contributed by atoms with E-state index in [2.05, 4.69) is 42.5 Å². The highest BCUT2D eigenvalue weighted by Crippen LogP contribution is 2.14. The lowest BCUT2D eigenvalue weighted by Gasteiger charge is -2.12. The number of rotatable bonds is 2. The highest BCUT2D eigenvalue weighted by atomic mass is 128. The van der Waals surface area contributed by atoms with Gasteiger partial charge < -0.3 is 25.7 Å². The quantitative estimate of drug-likeness (QED) is 0.308. The number of hydrogen-bond donors (Lipinski definition) is 5. The van der Waals surface area contributed by atoms with Crippen LogP contribution in [0.25, 0.3) is 0 Å². The molecule has 4 atom stereocenters. The van der Waals surface area contributed by atoms with Crippen molar-refractivity contribution in [3.8, 4) is 0 Å². The minimum absolute atomic E-state index is 0.329. The number of halogens is 2. The number of likely N-dealkylation sites (N-methyl/N-ethyl adjacent to an activating group) is 1. The summed E-state index contributed by atoms with van der Waals surface area (Å²) in [6, 6.07) is -1.03. The Morgan fingerprint density at radius 2 is 1.67 bits per heavy atom. The van der Waals surface area contributed by atoms with E-state index in [1.165, 1.54) is 0 Å². The number of nitrogens with zero attached hydrogens (tertiary/aromatic N) is 1. The lowest BCUT2D eigenvalue weighted by molar-refractivity contribution is -0.142. The van der Waals surface area contributed by atoms with Crippen LogP contribution < -0.4 is 5.32 Å². The van der Waals surface area contributed by atoms with Gasteiger partial charge in [-0.05, 0) is 7.05 Å². The zero-order valence-corrected chi connectivity index (χ0v) is 15.8. The van der Waals surface area contributed by atoms with Crippen LogP contribution in [-0.2, 0) is 9.59 Å². The number of β-amino-alcohol motifs (C(OH)–C–C–N with tert-alkyl or cyclic N) is 2. The van der Waals surface area contributed by atoms with Crippen LogP contribution in [0.3, 0.4) is 0 Å². The average molecular weight is 530 g/mol. The van der Waals surface area contributed by atoms with E-state index in [1.54, 1.807) is 11.9 Å². The van der Waals surface area contributed by atoms with Crippen molar-refractivity contribution < 1.29 is 30.0 Å². The Kier molecular flexibility index (Phi) is 11.0. The average Bonchev–Trinajstić information content (AvgIpc) is 2.98.